The van der Waals surface area contributed by atoms with Gasteiger partial charge in [-0.1, -0.05) is 41.9 Å². The Morgan fingerprint density at radius 3 is 2.44 bits per heavy atom. The van der Waals surface area contributed by atoms with E-state index in [-0.39, 0.29) is 21.8 Å². The summed E-state index contributed by atoms with van der Waals surface area (Å²) in [5.41, 5.74) is 0.892. The van der Waals surface area contributed by atoms with Crippen molar-refractivity contribution in [3.63, 3.8) is 0 Å². The summed E-state index contributed by atoms with van der Waals surface area (Å²) in [6.07, 6.45) is 3.86. The van der Waals surface area contributed by atoms with Crippen LogP contribution in [0.15, 0.2) is 41.7 Å². The summed E-state index contributed by atoms with van der Waals surface area (Å²) >= 11 is 12.1. The summed E-state index contributed by atoms with van der Waals surface area (Å²) in [5, 5.41) is 17.7. The summed E-state index contributed by atoms with van der Waals surface area (Å²) in [4.78, 5) is 25.1. The number of rotatable bonds is 6. The van der Waals surface area contributed by atoms with Crippen LogP contribution in [0.3, 0.4) is 0 Å². The monoisotopic (exact) mass is 404 g/mol. The number of hydrogen-bond acceptors (Lipinski definition) is 3. The average molecular weight is 405 g/mol. The van der Waals surface area contributed by atoms with Crippen molar-refractivity contribution in [3.8, 4) is 11.3 Å². The first-order chi connectivity index (χ1) is 12.8. The van der Waals surface area contributed by atoms with Gasteiger partial charge in [0, 0.05) is 29.6 Å². The van der Waals surface area contributed by atoms with E-state index < -0.39 is 11.4 Å². The number of carbonyl (C=O) groups is 1. The number of pyridine rings is 1. The lowest BCUT2D eigenvalue weighted by molar-refractivity contribution is 0.0695. The maximum Gasteiger partial charge on any atom is 0.341 e. The lowest BCUT2D eigenvalue weighted by atomic mass is 9.96. The molecule has 1 heterocycles. The van der Waals surface area contributed by atoms with Gasteiger partial charge in [-0.3, -0.25) is 4.79 Å². The Morgan fingerprint density at radius 1 is 1.30 bits per heavy atom. The van der Waals surface area contributed by atoms with Crippen LogP contribution in [0.1, 0.15) is 28.5 Å². The molecule has 0 bridgehead atoms. The lowest BCUT2D eigenvalue weighted by Gasteiger charge is -2.21. The first kappa shape index (κ1) is 20.7. The second-order valence-electron chi connectivity index (χ2n) is 5.68. The summed E-state index contributed by atoms with van der Waals surface area (Å²) in [6.45, 7) is 7.67. The molecule has 2 aromatic rings. The van der Waals surface area contributed by atoms with Gasteiger partial charge in [0.25, 0.3) is 0 Å². The number of nitrogens with zero attached hydrogens (tertiary/aromatic N) is 1. The van der Waals surface area contributed by atoms with Gasteiger partial charge in [-0.15, -0.1) is 0 Å². The van der Waals surface area contributed by atoms with Gasteiger partial charge in [-0.05, 0) is 37.6 Å². The number of carboxylic acids is 1. The molecule has 1 aromatic carbocycles. The van der Waals surface area contributed by atoms with Gasteiger partial charge >= 0.3 is 5.97 Å². The Hall–Kier alpha value is -2.63. The van der Waals surface area contributed by atoms with Crippen molar-refractivity contribution in [1.82, 2.24) is 4.57 Å². The molecule has 0 saturated heterocycles. The van der Waals surface area contributed by atoms with E-state index in [1.807, 2.05) is 6.92 Å². The smallest absolute Gasteiger partial charge is 0.341 e. The van der Waals surface area contributed by atoms with Crippen molar-refractivity contribution >= 4 is 41.0 Å². The number of carboxylic acid groups (broad SMARTS) is 1. The molecule has 140 valence electrons. The number of benzene rings is 1. The first-order valence-corrected chi connectivity index (χ1v) is 8.83. The zero-order chi connectivity index (χ0) is 20.3. The third-order valence-electron chi connectivity index (χ3n) is 4.22. The maximum atomic E-state index is 13.1. The molecule has 0 saturated carbocycles. The van der Waals surface area contributed by atoms with E-state index >= 15 is 0 Å². The van der Waals surface area contributed by atoms with E-state index in [0.29, 0.717) is 28.4 Å². The van der Waals surface area contributed by atoms with Gasteiger partial charge in [0.1, 0.15) is 5.56 Å². The molecule has 0 spiro atoms. The summed E-state index contributed by atoms with van der Waals surface area (Å²) in [5.74, 6) is -1.34. The third-order valence-corrected chi connectivity index (χ3v) is 4.96. The van der Waals surface area contributed by atoms with E-state index in [0.717, 1.165) is 6.21 Å². The molecule has 1 aromatic heterocycles. The molecule has 2 N–H and O–H groups in total. The Balaban J connectivity index is 3.06. The Morgan fingerprint density at radius 2 is 1.96 bits per heavy atom. The van der Waals surface area contributed by atoms with Crippen molar-refractivity contribution in [1.29, 1.82) is 5.41 Å². The van der Waals surface area contributed by atoms with Crippen molar-refractivity contribution in [3.05, 3.63) is 74.0 Å². The summed E-state index contributed by atoms with van der Waals surface area (Å²) in [6, 6.07) is 4.73. The number of aromatic nitrogens is 1. The largest absolute Gasteiger partial charge is 0.477 e. The maximum absolute atomic E-state index is 13.1. The topological polar surface area (TPSA) is 83.2 Å². The molecular weight excluding hydrogens is 387 g/mol. The number of aromatic carboxylic acids is 1. The van der Waals surface area contributed by atoms with Crippen LogP contribution >= 0.6 is 23.2 Å². The molecule has 0 unspecified atom stereocenters. The van der Waals surface area contributed by atoms with Crippen molar-refractivity contribution < 1.29 is 9.90 Å². The second kappa shape index (κ2) is 8.37. The van der Waals surface area contributed by atoms with E-state index in [1.165, 1.54) is 18.2 Å². The van der Waals surface area contributed by atoms with Crippen LogP contribution in [-0.4, -0.2) is 21.9 Å². The highest BCUT2D eigenvalue weighted by molar-refractivity contribution is 6.42. The third kappa shape index (κ3) is 3.75. The summed E-state index contributed by atoms with van der Waals surface area (Å²) in [7, 11) is 0. The summed E-state index contributed by atoms with van der Waals surface area (Å²) < 4.78 is 1.74. The molecule has 0 aliphatic heterocycles. The lowest BCUT2D eigenvalue weighted by Crippen LogP contribution is -2.26. The van der Waals surface area contributed by atoms with Crippen LogP contribution in [0.4, 0.5) is 0 Å². The van der Waals surface area contributed by atoms with Gasteiger partial charge in [0.15, 0.2) is 0 Å². The number of halogens is 2. The highest BCUT2D eigenvalue weighted by atomic mass is 35.5. The van der Waals surface area contributed by atoms with Crippen molar-refractivity contribution in [2.45, 2.75) is 20.4 Å². The fourth-order valence-corrected chi connectivity index (χ4v) is 3.35. The number of hydrogen-bond donors (Lipinski definition) is 2. The molecule has 0 aliphatic carbocycles. The van der Waals surface area contributed by atoms with Gasteiger partial charge in [-0.25, -0.2) is 4.79 Å². The standard InChI is InChI=1S/C20H18Cl2N2O3/c1-4-12(8-9-23)16-11(3)24(5-2)18(17(19(16)25)20(26)27)13-6-7-14(21)15(22)10-13/h4,6-10,23H,1,5H2,2-3H3,(H,26,27)/b12-8+,23-9?. The highest BCUT2D eigenvalue weighted by Crippen LogP contribution is 2.32. The number of nitrogens with one attached hydrogen (secondary N) is 1. The van der Waals surface area contributed by atoms with Gasteiger partial charge in [-0.2, -0.15) is 0 Å². The van der Waals surface area contributed by atoms with E-state index in [4.69, 9.17) is 28.6 Å². The second-order valence-corrected chi connectivity index (χ2v) is 6.50. The normalized spacial score (nSPS) is 11.3. The van der Waals surface area contributed by atoms with Crippen LogP contribution in [-0.2, 0) is 6.54 Å². The SMILES string of the molecule is C=C/C(=C\C=N)c1c(C)n(CC)c(-c2ccc(Cl)c(Cl)c2)c(C(=O)O)c1=O. The predicted octanol–water partition coefficient (Wildman–Crippen LogP) is 5.07. The minimum Gasteiger partial charge on any atom is -0.477 e. The zero-order valence-electron chi connectivity index (χ0n) is 14.8. The van der Waals surface area contributed by atoms with Crippen molar-refractivity contribution in [2.75, 3.05) is 0 Å². The molecule has 2 rings (SSSR count). The van der Waals surface area contributed by atoms with Crippen LogP contribution < -0.4 is 5.43 Å². The fraction of sp³-hybridized carbons (Fsp3) is 0.150. The quantitative estimate of drug-likeness (QED) is 0.520. The van der Waals surface area contributed by atoms with Crippen LogP contribution in [0.2, 0.25) is 10.0 Å². The van der Waals surface area contributed by atoms with E-state index in [1.54, 1.807) is 23.6 Å². The number of allylic oxidation sites excluding steroid dienone is 3. The minimum atomic E-state index is -1.34. The predicted molar refractivity (Wildman–Crippen MR) is 110 cm³/mol. The van der Waals surface area contributed by atoms with Crippen LogP contribution in [0.25, 0.3) is 16.8 Å². The highest BCUT2D eigenvalue weighted by Gasteiger charge is 2.25. The molecule has 0 atom stereocenters. The van der Waals surface area contributed by atoms with Gasteiger partial charge in [0.2, 0.25) is 5.43 Å². The molecule has 5 nitrogen and oxygen atoms in total. The van der Waals surface area contributed by atoms with Crippen molar-refractivity contribution in [2.24, 2.45) is 0 Å². The Bertz CT molecular complexity index is 1040. The Kier molecular flexibility index (Phi) is 6.41. The first-order valence-electron chi connectivity index (χ1n) is 8.08. The van der Waals surface area contributed by atoms with Gasteiger partial charge in [0.05, 0.1) is 15.7 Å². The molecule has 0 aliphatic rings. The molecule has 7 heteroatoms. The van der Waals surface area contributed by atoms with Crippen LogP contribution in [0, 0.1) is 12.3 Å². The minimum absolute atomic E-state index is 0.205. The van der Waals surface area contributed by atoms with E-state index in [2.05, 4.69) is 6.58 Å². The van der Waals surface area contributed by atoms with Crippen LogP contribution in [0.5, 0.6) is 0 Å². The molecular formula is C20H18Cl2N2O3. The zero-order valence-corrected chi connectivity index (χ0v) is 16.4. The molecule has 0 amide bonds. The molecule has 0 radical (unpaired) electrons. The molecule has 0 fully saturated rings. The van der Waals surface area contributed by atoms with E-state index in [9.17, 15) is 14.7 Å². The van der Waals surface area contributed by atoms with Gasteiger partial charge < -0.3 is 15.1 Å². The molecule has 27 heavy (non-hydrogen) atoms. The Labute approximate surface area is 166 Å². The fourth-order valence-electron chi connectivity index (χ4n) is 3.05. The average Bonchev–Trinajstić information content (AvgIpc) is 2.62.